The number of halogens is 1. The summed E-state index contributed by atoms with van der Waals surface area (Å²) in [4.78, 5) is 50.8. The molecule has 12 nitrogen and oxygen atoms in total. The fraction of sp³-hybridized carbons (Fsp3) is 0.417. The molecule has 1 saturated heterocycles. The Bertz CT molecular complexity index is 1180. The van der Waals surface area contributed by atoms with Crippen LogP contribution in [0.1, 0.15) is 54.0 Å². The number of nitrogens with two attached hydrogens (primary N) is 2. The zero-order chi connectivity index (χ0) is 27.1. The van der Waals surface area contributed by atoms with Crippen LogP contribution in [0.25, 0.3) is 0 Å². The summed E-state index contributed by atoms with van der Waals surface area (Å²) in [5.74, 6) is -1.42. The van der Waals surface area contributed by atoms with Gasteiger partial charge in [-0.05, 0) is 43.5 Å². The van der Waals surface area contributed by atoms with Crippen LogP contribution < -0.4 is 22.1 Å². The van der Waals surface area contributed by atoms with Crippen molar-refractivity contribution in [1.82, 2.24) is 20.2 Å². The summed E-state index contributed by atoms with van der Waals surface area (Å²) >= 11 is 5.91. The molecule has 7 N–H and O–H groups in total. The third kappa shape index (κ3) is 7.61. The van der Waals surface area contributed by atoms with Crippen molar-refractivity contribution in [2.24, 2.45) is 10.9 Å². The predicted molar refractivity (Wildman–Crippen MR) is 142 cm³/mol. The van der Waals surface area contributed by atoms with Gasteiger partial charge in [-0.15, -0.1) is 0 Å². The van der Waals surface area contributed by atoms with Crippen LogP contribution in [0.3, 0.4) is 0 Å². The Labute approximate surface area is 219 Å². The molecule has 1 atom stereocenters. The number of aliphatic imine (C=N–C) groups is 1. The van der Waals surface area contributed by atoms with Gasteiger partial charge in [0.25, 0.3) is 5.91 Å². The molecule has 198 valence electrons. The molecule has 1 fully saturated rings. The van der Waals surface area contributed by atoms with Gasteiger partial charge in [0, 0.05) is 24.7 Å². The number of anilines is 3. The number of hydrogen-bond acceptors (Lipinski definition) is 9. The highest BCUT2D eigenvalue weighted by Crippen LogP contribution is 2.19. The Hall–Kier alpha value is -3.77. The fourth-order valence-electron chi connectivity index (χ4n) is 3.76. The van der Waals surface area contributed by atoms with Crippen molar-refractivity contribution < 1.29 is 19.5 Å². The second-order valence-corrected chi connectivity index (χ2v) is 9.21. The lowest BCUT2D eigenvalue weighted by atomic mass is 10.0. The first kappa shape index (κ1) is 27.8. The minimum absolute atomic E-state index is 0.0151. The lowest BCUT2D eigenvalue weighted by molar-refractivity contribution is -0.117. The number of nitrogens with zero attached hydrogens (tertiary/aromatic N) is 4. The van der Waals surface area contributed by atoms with Gasteiger partial charge in [-0.25, -0.2) is 14.8 Å². The van der Waals surface area contributed by atoms with Crippen molar-refractivity contribution >= 4 is 52.5 Å². The molecule has 0 spiro atoms. The molecule has 3 rings (SSSR count). The number of piperidine rings is 1. The molecule has 2 heterocycles. The van der Waals surface area contributed by atoms with E-state index in [-0.39, 0.29) is 52.5 Å². The van der Waals surface area contributed by atoms with Gasteiger partial charge in [0.1, 0.15) is 5.84 Å². The van der Waals surface area contributed by atoms with Crippen molar-refractivity contribution in [2.45, 2.75) is 39.2 Å². The molecule has 13 heteroatoms. The maximum atomic E-state index is 12.8. The number of carboxylic acid groups (broad SMARTS) is 1. The van der Waals surface area contributed by atoms with Crippen LogP contribution in [0.4, 0.5) is 17.3 Å². The second-order valence-electron chi connectivity index (χ2n) is 8.85. The average Bonchev–Trinajstić information content (AvgIpc) is 2.86. The van der Waals surface area contributed by atoms with Crippen LogP contribution in [0.15, 0.2) is 29.3 Å². The van der Waals surface area contributed by atoms with E-state index in [2.05, 4.69) is 20.6 Å². The Morgan fingerprint density at radius 1 is 1.16 bits per heavy atom. The number of aromatic nitrogens is 2. The number of carbonyl (C=O) groups is 3. The Kier molecular flexibility index (Phi) is 9.36. The van der Waals surface area contributed by atoms with E-state index in [9.17, 15) is 14.4 Å². The van der Waals surface area contributed by atoms with Crippen LogP contribution in [0.2, 0.25) is 5.15 Å². The quantitative estimate of drug-likeness (QED) is 0.252. The summed E-state index contributed by atoms with van der Waals surface area (Å²) in [5, 5.41) is 14.5. The van der Waals surface area contributed by atoms with Crippen molar-refractivity contribution in [3.8, 4) is 0 Å². The number of aromatic carboxylic acids is 1. The molecule has 2 amide bonds. The van der Waals surface area contributed by atoms with E-state index >= 15 is 0 Å². The molecule has 0 saturated carbocycles. The summed E-state index contributed by atoms with van der Waals surface area (Å²) in [5.41, 5.74) is 12.0. The summed E-state index contributed by atoms with van der Waals surface area (Å²) in [7, 11) is 0. The highest BCUT2D eigenvalue weighted by Gasteiger charge is 2.24. The fourth-order valence-corrected chi connectivity index (χ4v) is 3.89. The van der Waals surface area contributed by atoms with Gasteiger partial charge in [0.15, 0.2) is 22.5 Å². The summed E-state index contributed by atoms with van der Waals surface area (Å²) in [6, 6.07) is 5.98. The van der Waals surface area contributed by atoms with Crippen molar-refractivity contribution in [1.29, 1.82) is 0 Å². The van der Waals surface area contributed by atoms with Crippen LogP contribution in [-0.4, -0.2) is 69.3 Å². The first-order valence-corrected chi connectivity index (χ1v) is 12.3. The second kappa shape index (κ2) is 12.5. The monoisotopic (exact) mass is 530 g/mol. The van der Waals surface area contributed by atoms with E-state index in [0.717, 1.165) is 6.42 Å². The third-order valence-corrected chi connectivity index (χ3v) is 6.38. The van der Waals surface area contributed by atoms with Gasteiger partial charge in [-0.2, -0.15) is 0 Å². The number of rotatable bonds is 8. The standard InChI is InChI=1S/C24H31ClN8O4/c1-3-13(2)22(32-23(35)18-20(26)31-21(27)19(25)30-18)29-16-8-10-33(11-9-16)12-17(34)28-15-6-4-14(5-7-15)24(36)37/h4-7,13,16H,3,8-12H2,1-2H3,(H,28,34)(H,36,37)(H4,26,27,31)(H,29,32,35). The number of amidine groups is 1. The molecular weight excluding hydrogens is 500 g/mol. The average molecular weight is 531 g/mol. The number of hydrogen-bond donors (Lipinski definition) is 5. The number of benzene rings is 1. The highest BCUT2D eigenvalue weighted by atomic mass is 35.5. The van der Waals surface area contributed by atoms with E-state index in [1.165, 1.54) is 12.1 Å². The molecule has 1 unspecified atom stereocenters. The summed E-state index contributed by atoms with van der Waals surface area (Å²) in [6.45, 7) is 5.49. The smallest absolute Gasteiger partial charge is 0.335 e. The predicted octanol–water partition coefficient (Wildman–Crippen LogP) is 2.27. The topological polar surface area (TPSA) is 189 Å². The zero-order valence-corrected chi connectivity index (χ0v) is 21.5. The normalized spacial score (nSPS) is 15.7. The van der Waals surface area contributed by atoms with Crippen LogP contribution in [0.5, 0.6) is 0 Å². The van der Waals surface area contributed by atoms with Crippen LogP contribution >= 0.6 is 11.6 Å². The first-order chi connectivity index (χ1) is 17.6. The Morgan fingerprint density at radius 2 is 1.81 bits per heavy atom. The van der Waals surface area contributed by atoms with Crippen molar-refractivity contribution in [3.05, 3.63) is 40.7 Å². The van der Waals surface area contributed by atoms with Crippen molar-refractivity contribution in [3.63, 3.8) is 0 Å². The summed E-state index contributed by atoms with van der Waals surface area (Å²) in [6.07, 6.45) is 2.19. The van der Waals surface area contributed by atoms with Gasteiger partial charge >= 0.3 is 5.97 Å². The van der Waals surface area contributed by atoms with E-state index in [1.54, 1.807) is 12.1 Å². The minimum atomic E-state index is -1.02. The van der Waals surface area contributed by atoms with E-state index in [4.69, 9.17) is 33.2 Å². The lowest BCUT2D eigenvalue weighted by Gasteiger charge is -2.30. The van der Waals surface area contributed by atoms with E-state index in [1.807, 2.05) is 18.7 Å². The largest absolute Gasteiger partial charge is 0.478 e. The first-order valence-electron chi connectivity index (χ1n) is 11.9. The SMILES string of the molecule is CCC(C)C(=NC1CCN(CC(=O)Nc2ccc(C(=O)O)cc2)CC1)NC(=O)c1nc(Cl)c(N)nc1N. The number of likely N-dealkylation sites (tertiary alicyclic amines) is 1. The van der Waals surface area contributed by atoms with Crippen LogP contribution in [0, 0.1) is 5.92 Å². The number of carbonyl (C=O) groups excluding carboxylic acids is 2. The molecule has 1 aromatic carbocycles. The number of nitrogens with one attached hydrogen (secondary N) is 2. The van der Waals surface area contributed by atoms with Crippen molar-refractivity contribution in [2.75, 3.05) is 36.4 Å². The maximum Gasteiger partial charge on any atom is 0.335 e. The van der Waals surface area contributed by atoms with Gasteiger partial charge in [0.05, 0.1) is 18.2 Å². The molecule has 0 bridgehead atoms. The molecular formula is C24H31ClN8O4. The molecule has 1 aromatic heterocycles. The van der Waals surface area contributed by atoms with Gasteiger partial charge < -0.3 is 27.2 Å². The summed E-state index contributed by atoms with van der Waals surface area (Å²) < 4.78 is 0. The highest BCUT2D eigenvalue weighted by molar-refractivity contribution is 6.31. The minimum Gasteiger partial charge on any atom is -0.478 e. The molecule has 0 radical (unpaired) electrons. The zero-order valence-electron chi connectivity index (χ0n) is 20.7. The van der Waals surface area contributed by atoms with Gasteiger partial charge in [-0.1, -0.05) is 25.4 Å². The van der Waals surface area contributed by atoms with Gasteiger partial charge in [-0.3, -0.25) is 19.5 Å². The Balaban J connectivity index is 1.57. The lowest BCUT2D eigenvalue weighted by Crippen LogP contribution is -2.42. The molecule has 37 heavy (non-hydrogen) atoms. The number of nitrogen functional groups attached to an aromatic ring is 2. The number of amides is 2. The maximum absolute atomic E-state index is 12.8. The van der Waals surface area contributed by atoms with Gasteiger partial charge in [0.2, 0.25) is 5.91 Å². The van der Waals surface area contributed by atoms with E-state index < -0.39 is 11.9 Å². The van der Waals surface area contributed by atoms with Crippen LogP contribution in [-0.2, 0) is 4.79 Å². The van der Waals surface area contributed by atoms with E-state index in [0.29, 0.717) is 37.5 Å². The molecule has 0 aliphatic carbocycles. The number of carboxylic acids is 1. The third-order valence-electron chi connectivity index (χ3n) is 6.10. The molecule has 1 aliphatic heterocycles. The Morgan fingerprint density at radius 3 is 2.41 bits per heavy atom. The molecule has 2 aromatic rings. The molecule has 1 aliphatic rings.